The van der Waals surface area contributed by atoms with Crippen molar-refractivity contribution >= 4 is 35.2 Å². The molecular formula is C19H18ClF3N8. The molecule has 31 heavy (non-hydrogen) atoms. The number of nitrogens with two attached hydrogens (primary N) is 1. The van der Waals surface area contributed by atoms with Crippen LogP contribution in [0.1, 0.15) is 25.2 Å². The number of alkyl halides is 3. The number of hydrogen-bond donors (Lipinski definition) is 3. The molecule has 4 rings (SSSR count). The Balaban J connectivity index is 0.00000272. The fourth-order valence-corrected chi connectivity index (χ4v) is 2.94. The molecule has 0 unspecified atom stereocenters. The molecule has 0 atom stereocenters. The lowest BCUT2D eigenvalue weighted by Crippen LogP contribution is -2.31. The molecule has 0 spiro atoms. The summed E-state index contributed by atoms with van der Waals surface area (Å²) in [6.45, 7) is 3.34. The van der Waals surface area contributed by atoms with Crippen LogP contribution in [0.2, 0.25) is 0 Å². The van der Waals surface area contributed by atoms with Crippen molar-refractivity contribution < 1.29 is 13.2 Å². The van der Waals surface area contributed by atoms with Gasteiger partial charge in [0.15, 0.2) is 5.82 Å². The Morgan fingerprint density at radius 3 is 2.45 bits per heavy atom. The Morgan fingerprint density at radius 2 is 1.71 bits per heavy atom. The molecule has 0 radical (unpaired) electrons. The summed E-state index contributed by atoms with van der Waals surface area (Å²) in [6.07, 6.45) is -2.85. The fraction of sp³-hybridized carbons (Fsp3) is 0.211. The molecule has 162 valence electrons. The van der Waals surface area contributed by atoms with Crippen LogP contribution in [0.5, 0.6) is 0 Å². The summed E-state index contributed by atoms with van der Waals surface area (Å²) in [4.78, 5) is 16.4. The molecular weight excluding hydrogens is 433 g/mol. The van der Waals surface area contributed by atoms with Gasteiger partial charge in [0.25, 0.3) is 0 Å². The summed E-state index contributed by atoms with van der Waals surface area (Å²) >= 11 is 0. The van der Waals surface area contributed by atoms with Gasteiger partial charge in [-0.1, -0.05) is 18.2 Å². The number of benzene rings is 1. The minimum Gasteiger partial charge on any atom is -0.368 e. The predicted molar refractivity (Wildman–Crippen MR) is 112 cm³/mol. The summed E-state index contributed by atoms with van der Waals surface area (Å²) in [5, 5.41) is 10.8. The van der Waals surface area contributed by atoms with E-state index in [0.29, 0.717) is 11.4 Å². The average molecular weight is 451 g/mol. The number of anilines is 2. The lowest BCUT2D eigenvalue weighted by atomic mass is 10.00. The molecule has 0 bridgehead atoms. The predicted octanol–water partition coefficient (Wildman–Crippen LogP) is 4.18. The highest BCUT2D eigenvalue weighted by Crippen LogP contribution is 2.30. The maximum Gasteiger partial charge on any atom is 0.433 e. The van der Waals surface area contributed by atoms with Crippen LogP contribution >= 0.6 is 12.4 Å². The molecule has 0 saturated carbocycles. The summed E-state index contributed by atoms with van der Waals surface area (Å²) in [6, 6.07) is 9.22. The van der Waals surface area contributed by atoms with E-state index in [1.54, 1.807) is 20.0 Å². The Labute approximate surface area is 181 Å². The maximum absolute atomic E-state index is 13.0. The zero-order valence-corrected chi connectivity index (χ0v) is 17.2. The molecule has 3 aromatic heterocycles. The zero-order chi connectivity index (χ0) is 21.5. The van der Waals surface area contributed by atoms with E-state index in [4.69, 9.17) is 5.73 Å². The standard InChI is InChI=1S/C19H17F3N8.ClH/c1-18(2,13-4-3-5-14(25-13)19(20,21)22)29-17-27-15(26-16(23)28-17)10-6-7-11-9-24-30-12(11)8-10;/h3-9H,1-2H3,(H,24,30)(H3,23,26,27,28,29);1H. The van der Waals surface area contributed by atoms with E-state index >= 15 is 0 Å². The number of nitrogen functional groups attached to an aromatic ring is 1. The number of hydrogen-bond acceptors (Lipinski definition) is 7. The van der Waals surface area contributed by atoms with E-state index in [1.165, 1.54) is 12.1 Å². The number of fused-ring (bicyclic) bond motifs is 1. The minimum atomic E-state index is -4.54. The lowest BCUT2D eigenvalue weighted by molar-refractivity contribution is -0.141. The van der Waals surface area contributed by atoms with Crippen LogP contribution in [0.25, 0.3) is 22.3 Å². The highest BCUT2D eigenvalue weighted by molar-refractivity contribution is 5.85. The number of nitrogens with one attached hydrogen (secondary N) is 2. The molecule has 4 aromatic rings. The van der Waals surface area contributed by atoms with Crippen molar-refractivity contribution in [2.75, 3.05) is 11.1 Å². The van der Waals surface area contributed by atoms with Gasteiger partial charge in [-0.15, -0.1) is 12.4 Å². The van der Waals surface area contributed by atoms with Gasteiger partial charge in [-0.3, -0.25) is 5.10 Å². The number of aromatic amines is 1. The van der Waals surface area contributed by atoms with Crippen molar-refractivity contribution in [2.24, 2.45) is 0 Å². The van der Waals surface area contributed by atoms with E-state index in [0.717, 1.165) is 17.0 Å². The van der Waals surface area contributed by atoms with Gasteiger partial charge in [-0.05, 0) is 32.0 Å². The molecule has 12 heteroatoms. The topological polar surface area (TPSA) is 118 Å². The number of rotatable bonds is 4. The molecule has 8 nitrogen and oxygen atoms in total. The largest absolute Gasteiger partial charge is 0.433 e. The quantitative estimate of drug-likeness (QED) is 0.426. The first kappa shape index (κ1) is 22.2. The van der Waals surface area contributed by atoms with Crippen LogP contribution in [-0.2, 0) is 11.7 Å². The summed E-state index contributed by atoms with van der Waals surface area (Å²) in [5.74, 6) is 0.403. The van der Waals surface area contributed by atoms with Gasteiger partial charge < -0.3 is 11.1 Å². The molecule has 0 aliphatic carbocycles. The van der Waals surface area contributed by atoms with Gasteiger partial charge in [0.05, 0.1) is 22.9 Å². The van der Waals surface area contributed by atoms with Crippen LogP contribution in [-0.4, -0.2) is 30.1 Å². The van der Waals surface area contributed by atoms with Crippen LogP contribution in [0.3, 0.4) is 0 Å². The molecule has 0 saturated heterocycles. The van der Waals surface area contributed by atoms with E-state index in [-0.39, 0.29) is 30.0 Å². The maximum atomic E-state index is 13.0. The van der Waals surface area contributed by atoms with Gasteiger partial charge in [0, 0.05) is 10.9 Å². The summed E-state index contributed by atoms with van der Waals surface area (Å²) in [5.41, 5.74) is 5.51. The fourth-order valence-electron chi connectivity index (χ4n) is 2.94. The normalized spacial score (nSPS) is 11.9. The van der Waals surface area contributed by atoms with Gasteiger partial charge >= 0.3 is 6.18 Å². The van der Waals surface area contributed by atoms with Crippen LogP contribution in [0.4, 0.5) is 25.1 Å². The van der Waals surface area contributed by atoms with E-state index in [1.807, 2.05) is 18.2 Å². The first-order valence-corrected chi connectivity index (χ1v) is 8.90. The molecule has 0 aliphatic heterocycles. The third-order valence-corrected chi connectivity index (χ3v) is 4.46. The number of pyridine rings is 1. The third-order valence-electron chi connectivity index (χ3n) is 4.46. The Kier molecular flexibility index (Phi) is 5.72. The monoisotopic (exact) mass is 450 g/mol. The molecule has 4 N–H and O–H groups in total. The summed E-state index contributed by atoms with van der Waals surface area (Å²) in [7, 11) is 0. The second-order valence-electron chi connectivity index (χ2n) is 7.17. The number of aromatic nitrogens is 6. The van der Waals surface area contributed by atoms with Crippen molar-refractivity contribution in [2.45, 2.75) is 25.6 Å². The van der Waals surface area contributed by atoms with Crippen molar-refractivity contribution in [1.82, 2.24) is 30.1 Å². The van der Waals surface area contributed by atoms with Crippen molar-refractivity contribution in [3.63, 3.8) is 0 Å². The SMILES string of the molecule is CC(C)(Nc1nc(N)nc(-c2ccc3cn[nH]c3c2)n1)c1cccc(C(F)(F)F)n1.Cl. The Hall–Kier alpha value is -3.47. The molecule has 3 heterocycles. The molecule has 1 aromatic carbocycles. The lowest BCUT2D eigenvalue weighted by Gasteiger charge is -2.26. The number of nitrogens with zero attached hydrogens (tertiary/aromatic N) is 5. The first-order valence-electron chi connectivity index (χ1n) is 8.90. The van der Waals surface area contributed by atoms with Crippen LogP contribution in [0.15, 0.2) is 42.6 Å². The third kappa shape index (κ3) is 4.66. The van der Waals surface area contributed by atoms with E-state index in [9.17, 15) is 13.2 Å². The highest BCUT2D eigenvalue weighted by Gasteiger charge is 2.34. The summed E-state index contributed by atoms with van der Waals surface area (Å²) < 4.78 is 39.1. The number of halogens is 4. The Bertz CT molecular complexity index is 1220. The van der Waals surface area contributed by atoms with Crippen LogP contribution < -0.4 is 11.1 Å². The average Bonchev–Trinajstić information content (AvgIpc) is 3.14. The van der Waals surface area contributed by atoms with Gasteiger partial charge in [-0.2, -0.15) is 33.2 Å². The molecule has 0 amide bonds. The van der Waals surface area contributed by atoms with Gasteiger partial charge in [0.1, 0.15) is 5.69 Å². The van der Waals surface area contributed by atoms with Gasteiger partial charge in [-0.25, -0.2) is 4.98 Å². The molecule has 0 aliphatic rings. The number of H-pyrrole nitrogens is 1. The Morgan fingerprint density at radius 1 is 0.968 bits per heavy atom. The second-order valence-corrected chi connectivity index (χ2v) is 7.17. The zero-order valence-electron chi connectivity index (χ0n) is 16.4. The van der Waals surface area contributed by atoms with E-state index < -0.39 is 17.4 Å². The molecule has 0 fully saturated rings. The van der Waals surface area contributed by atoms with Crippen molar-refractivity contribution in [1.29, 1.82) is 0 Å². The smallest absolute Gasteiger partial charge is 0.368 e. The second kappa shape index (κ2) is 7.99. The van der Waals surface area contributed by atoms with Crippen molar-refractivity contribution in [3.05, 3.63) is 54.0 Å². The van der Waals surface area contributed by atoms with E-state index in [2.05, 4.69) is 35.5 Å². The van der Waals surface area contributed by atoms with Crippen molar-refractivity contribution in [3.8, 4) is 11.4 Å². The first-order chi connectivity index (χ1) is 14.1. The van der Waals surface area contributed by atoms with Crippen LogP contribution in [0, 0.1) is 0 Å². The highest BCUT2D eigenvalue weighted by atomic mass is 35.5. The van der Waals surface area contributed by atoms with Gasteiger partial charge in [0.2, 0.25) is 11.9 Å². The minimum absolute atomic E-state index is 0.